The Morgan fingerprint density at radius 2 is 1.90 bits per heavy atom. The zero-order chi connectivity index (χ0) is 13.8. The average molecular weight is 282 g/mol. The number of nitrogens with zero attached hydrogens (tertiary/aromatic N) is 4. The molecule has 3 aromatic rings. The van der Waals surface area contributed by atoms with Gasteiger partial charge in [0.25, 0.3) is 0 Å². The molecule has 0 unspecified atom stereocenters. The van der Waals surface area contributed by atoms with Crippen molar-refractivity contribution in [2.75, 3.05) is 0 Å². The monoisotopic (exact) mass is 282 g/mol. The van der Waals surface area contributed by atoms with E-state index >= 15 is 0 Å². The lowest BCUT2D eigenvalue weighted by Gasteiger charge is -2.04. The minimum Gasteiger partial charge on any atom is -0.299 e. The van der Waals surface area contributed by atoms with Gasteiger partial charge in [-0.05, 0) is 24.6 Å². The summed E-state index contributed by atoms with van der Waals surface area (Å²) in [5.41, 5.74) is 1.23. The van der Waals surface area contributed by atoms with Gasteiger partial charge in [0.15, 0.2) is 5.82 Å². The molecule has 2 aromatic heterocycles. The van der Waals surface area contributed by atoms with E-state index in [9.17, 15) is 0 Å². The molecule has 3 rings (SSSR count). The maximum absolute atomic E-state index is 4.57. The summed E-state index contributed by atoms with van der Waals surface area (Å²) in [6.07, 6.45) is 1.74. The number of rotatable bonds is 3. The van der Waals surface area contributed by atoms with Gasteiger partial charge in [-0.2, -0.15) is 9.37 Å². The van der Waals surface area contributed by atoms with Crippen LogP contribution in [0.25, 0.3) is 0 Å². The standard InChI is InChI=1S/C15H14N4S/c1-12-18-20-15(17-14-9-5-6-10-16-14)19(12)11-13-7-3-2-4-8-13/h2-10H,11H2,1H3/b17-15-. The number of aryl methyl sites for hydroxylation is 1. The molecule has 100 valence electrons. The third-order valence-electron chi connectivity index (χ3n) is 2.92. The number of hydrogen-bond acceptors (Lipinski definition) is 4. The lowest BCUT2D eigenvalue weighted by atomic mass is 10.2. The van der Waals surface area contributed by atoms with Crippen molar-refractivity contribution in [2.24, 2.45) is 4.99 Å². The topological polar surface area (TPSA) is 43.1 Å². The van der Waals surface area contributed by atoms with Crippen molar-refractivity contribution < 1.29 is 0 Å². The molecular formula is C15H14N4S. The molecule has 0 saturated heterocycles. The molecule has 20 heavy (non-hydrogen) atoms. The van der Waals surface area contributed by atoms with Crippen LogP contribution in [0.4, 0.5) is 5.82 Å². The highest BCUT2D eigenvalue weighted by atomic mass is 32.1. The molecule has 0 saturated carbocycles. The minimum atomic E-state index is 0.706. The maximum atomic E-state index is 4.57. The minimum absolute atomic E-state index is 0.706. The zero-order valence-corrected chi connectivity index (χ0v) is 11.9. The Bertz CT molecular complexity index is 744. The van der Waals surface area contributed by atoms with Gasteiger partial charge in [0.05, 0.1) is 6.54 Å². The van der Waals surface area contributed by atoms with Crippen molar-refractivity contribution in [1.29, 1.82) is 0 Å². The first-order valence-electron chi connectivity index (χ1n) is 6.36. The van der Waals surface area contributed by atoms with Crippen LogP contribution in [0.1, 0.15) is 11.4 Å². The molecule has 0 aliphatic rings. The first-order chi connectivity index (χ1) is 9.83. The third-order valence-corrected chi connectivity index (χ3v) is 3.75. The fourth-order valence-electron chi connectivity index (χ4n) is 1.89. The highest BCUT2D eigenvalue weighted by Gasteiger charge is 2.04. The molecule has 1 aromatic carbocycles. The molecule has 0 aliphatic carbocycles. The van der Waals surface area contributed by atoms with E-state index < -0.39 is 0 Å². The van der Waals surface area contributed by atoms with Gasteiger partial charge < -0.3 is 0 Å². The van der Waals surface area contributed by atoms with Crippen molar-refractivity contribution in [3.63, 3.8) is 0 Å². The van der Waals surface area contributed by atoms with Crippen LogP contribution >= 0.6 is 11.5 Å². The Kier molecular flexibility index (Phi) is 3.69. The van der Waals surface area contributed by atoms with Crippen molar-refractivity contribution in [2.45, 2.75) is 13.5 Å². The Hall–Kier alpha value is -2.27. The van der Waals surface area contributed by atoms with Gasteiger partial charge >= 0.3 is 0 Å². The van der Waals surface area contributed by atoms with E-state index in [0.717, 1.165) is 17.2 Å². The van der Waals surface area contributed by atoms with Crippen LogP contribution < -0.4 is 4.80 Å². The maximum Gasteiger partial charge on any atom is 0.211 e. The largest absolute Gasteiger partial charge is 0.299 e. The van der Waals surface area contributed by atoms with Crippen LogP contribution in [0.2, 0.25) is 0 Å². The SMILES string of the molecule is Cc1ns/c(=N\c2ccccn2)n1Cc1ccccc1. The van der Waals surface area contributed by atoms with Crippen LogP contribution in [0, 0.1) is 6.92 Å². The van der Waals surface area contributed by atoms with Gasteiger partial charge in [-0.25, -0.2) is 4.98 Å². The average Bonchev–Trinajstić information content (AvgIpc) is 2.83. The van der Waals surface area contributed by atoms with E-state index in [4.69, 9.17) is 0 Å². The summed E-state index contributed by atoms with van der Waals surface area (Å²) in [5.74, 6) is 1.67. The van der Waals surface area contributed by atoms with Gasteiger partial charge in [-0.3, -0.25) is 4.57 Å². The Balaban J connectivity index is 2.00. The predicted molar refractivity (Wildman–Crippen MR) is 79.8 cm³/mol. The summed E-state index contributed by atoms with van der Waals surface area (Å²) in [4.78, 5) is 9.66. The molecule has 2 heterocycles. The highest BCUT2D eigenvalue weighted by Crippen LogP contribution is 2.07. The van der Waals surface area contributed by atoms with Gasteiger partial charge in [-0.15, -0.1) is 0 Å². The molecular weight excluding hydrogens is 268 g/mol. The summed E-state index contributed by atoms with van der Waals surface area (Å²) in [5, 5.41) is 0. The van der Waals surface area contributed by atoms with E-state index in [0.29, 0.717) is 5.82 Å². The normalized spacial score (nSPS) is 11.8. The molecule has 0 amide bonds. The summed E-state index contributed by atoms with van der Waals surface area (Å²) < 4.78 is 6.50. The van der Waals surface area contributed by atoms with E-state index in [1.807, 2.05) is 43.3 Å². The Morgan fingerprint density at radius 3 is 2.65 bits per heavy atom. The number of aromatic nitrogens is 3. The van der Waals surface area contributed by atoms with Crippen molar-refractivity contribution >= 4 is 17.4 Å². The smallest absolute Gasteiger partial charge is 0.211 e. The molecule has 0 fully saturated rings. The quantitative estimate of drug-likeness (QED) is 0.741. The zero-order valence-electron chi connectivity index (χ0n) is 11.1. The molecule has 0 atom stereocenters. The van der Waals surface area contributed by atoms with Crippen LogP contribution in [0.5, 0.6) is 0 Å². The summed E-state index contributed by atoms with van der Waals surface area (Å²) >= 11 is 1.40. The summed E-state index contributed by atoms with van der Waals surface area (Å²) in [7, 11) is 0. The van der Waals surface area contributed by atoms with Crippen LogP contribution in [0.3, 0.4) is 0 Å². The summed E-state index contributed by atoms with van der Waals surface area (Å²) in [6, 6.07) is 16.0. The molecule has 0 aliphatic heterocycles. The second kappa shape index (κ2) is 5.79. The van der Waals surface area contributed by atoms with Crippen LogP contribution in [0.15, 0.2) is 59.7 Å². The lowest BCUT2D eigenvalue weighted by molar-refractivity contribution is 0.727. The molecule has 0 spiro atoms. The van der Waals surface area contributed by atoms with Crippen molar-refractivity contribution in [1.82, 2.24) is 13.9 Å². The third kappa shape index (κ3) is 2.83. The van der Waals surface area contributed by atoms with E-state index in [1.165, 1.54) is 17.1 Å². The fourth-order valence-corrected chi connectivity index (χ4v) is 2.63. The molecule has 0 N–H and O–H groups in total. The number of hydrogen-bond donors (Lipinski definition) is 0. The Labute approximate surface area is 121 Å². The lowest BCUT2D eigenvalue weighted by Crippen LogP contribution is -2.17. The van der Waals surface area contributed by atoms with E-state index in [2.05, 4.69) is 31.0 Å². The number of pyridine rings is 1. The van der Waals surface area contributed by atoms with Gasteiger partial charge in [0, 0.05) is 17.7 Å². The molecule has 0 bridgehead atoms. The van der Waals surface area contributed by atoms with Crippen LogP contribution in [-0.4, -0.2) is 13.9 Å². The highest BCUT2D eigenvalue weighted by molar-refractivity contribution is 7.02. The second-order valence-corrected chi connectivity index (χ2v) is 5.11. The van der Waals surface area contributed by atoms with Crippen LogP contribution in [-0.2, 0) is 6.54 Å². The fraction of sp³-hybridized carbons (Fsp3) is 0.133. The van der Waals surface area contributed by atoms with Gasteiger partial charge in [0.1, 0.15) is 5.82 Å². The van der Waals surface area contributed by atoms with Crippen molar-refractivity contribution in [3.8, 4) is 0 Å². The molecule has 4 nitrogen and oxygen atoms in total. The van der Waals surface area contributed by atoms with E-state index in [-0.39, 0.29) is 0 Å². The second-order valence-electron chi connectivity index (χ2n) is 4.38. The Morgan fingerprint density at radius 1 is 1.10 bits per heavy atom. The summed E-state index contributed by atoms with van der Waals surface area (Å²) in [6.45, 7) is 2.77. The van der Waals surface area contributed by atoms with Gasteiger partial charge in [0.2, 0.25) is 4.80 Å². The first-order valence-corrected chi connectivity index (χ1v) is 7.13. The first kappa shape index (κ1) is 12.7. The molecule has 0 radical (unpaired) electrons. The van der Waals surface area contributed by atoms with Crippen molar-refractivity contribution in [3.05, 3.63) is 70.9 Å². The van der Waals surface area contributed by atoms with E-state index in [1.54, 1.807) is 6.20 Å². The van der Waals surface area contributed by atoms with Gasteiger partial charge in [-0.1, -0.05) is 36.4 Å². The number of benzene rings is 1. The predicted octanol–water partition coefficient (Wildman–Crippen LogP) is 2.93. The molecule has 5 heteroatoms.